The van der Waals surface area contributed by atoms with Crippen molar-refractivity contribution in [3.05, 3.63) is 29.8 Å². The second kappa shape index (κ2) is 10.6. The van der Waals surface area contributed by atoms with Gasteiger partial charge in [0.15, 0.2) is 5.96 Å². The molecule has 1 aromatic carbocycles. The fourth-order valence-corrected chi connectivity index (χ4v) is 5.14. The summed E-state index contributed by atoms with van der Waals surface area (Å²) in [5, 5.41) is 6.89. The number of nitrogens with zero attached hydrogens (tertiary/aromatic N) is 2. The number of ether oxygens (including phenoxy) is 1. The summed E-state index contributed by atoms with van der Waals surface area (Å²) in [6.45, 7) is 5.06. The number of hydrogen-bond donors (Lipinski definition) is 3. The Balaban J connectivity index is 1.57. The Labute approximate surface area is 180 Å². The van der Waals surface area contributed by atoms with Crippen LogP contribution in [0, 0.1) is 0 Å². The first-order valence-corrected chi connectivity index (χ1v) is 12.3. The normalized spacial score (nSPS) is 20.7. The molecule has 0 radical (unpaired) electrons. The smallest absolute Gasteiger partial charge is 0.240 e. The third-order valence-electron chi connectivity index (χ3n) is 6.24. The van der Waals surface area contributed by atoms with Crippen molar-refractivity contribution in [3.8, 4) is 0 Å². The van der Waals surface area contributed by atoms with E-state index >= 15 is 0 Å². The summed E-state index contributed by atoms with van der Waals surface area (Å²) in [5.41, 5.74) is 1.16. The van der Waals surface area contributed by atoms with Crippen molar-refractivity contribution in [2.24, 2.45) is 4.99 Å². The Morgan fingerprint density at radius 2 is 1.77 bits per heavy atom. The van der Waals surface area contributed by atoms with Gasteiger partial charge in [0, 0.05) is 38.8 Å². The molecule has 0 amide bonds. The lowest BCUT2D eigenvalue weighted by Crippen LogP contribution is -2.60. The van der Waals surface area contributed by atoms with E-state index in [1.165, 1.54) is 39.2 Å². The number of guanidine groups is 1. The molecule has 1 aliphatic carbocycles. The van der Waals surface area contributed by atoms with Gasteiger partial charge in [-0.1, -0.05) is 31.4 Å². The Bertz CT molecular complexity index is 798. The van der Waals surface area contributed by atoms with Gasteiger partial charge >= 0.3 is 0 Å². The van der Waals surface area contributed by atoms with Gasteiger partial charge < -0.3 is 15.4 Å². The van der Waals surface area contributed by atoms with Gasteiger partial charge in [-0.25, -0.2) is 13.1 Å². The van der Waals surface area contributed by atoms with Gasteiger partial charge in [-0.05, 0) is 37.6 Å². The van der Waals surface area contributed by atoms with Crippen LogP contribution < -0.4 is 15.4 Å². The Hall–Kier alpha value is -1.68. The molecule has 3 N–H and O–H groups in total. The summed E-state index contributed by atoms with van der Waals surface area (Å²) < 4.78 is 31.6. The Morgan fingerprint density at radius 3 is 2.37 bits per heavy atom. The summed E-state index contributed by atoms with van der Waals surface area (Å²) in [6.07, 6.45) is 6.27. The van der Waals surface area contributed by atoms with Crippen LogP contribution in [0.4, 0.5) is 0 Å². The molecule has 9 heteroatoms. The minimum atomic E-state index is -3.41. The standard InChI is InChI=1S/C21H35N5O3S/c1-22-20(24-16-18-6-8-19(9-7-18)30(27,28)23-2)25-17-21(10-4-3-5-11-21)26-12-14-29-15-13-26/h6-9,23H,3-5,10-17H2,1-2H3,(H2,22,24,25). The minimum absolute atomic E-state index is 0.169. The molecule has 0 aromatic heterocycles. The molecule has 8 nitrogen and oxygen atoms in total. The van der Waals surface area contributed by atoms with Crippen molar-refractivity contribution in [3.63, 3.8) is 0 Å². The lowest BCUT2D eigenvalue weighted by atomic mass is 9.80. The number of aliphatic imine (C=N–C) groups is 1. The van der Waals surface area contributed by atoms with Crippen LogP contribution in [0.5, 0.6) is 0 Å². The predicted molar refractivity (Wildman–Crippen MR) is 119 cm³/mol. The van der Waals surface area contributed by atoms with E-state index in [4.69, 9.17) is 4.74 Å². The predicted octanol–water partition coefficient (Wildman–Crippen LogP) is 1.29. The fraction of sp³-hybridized carbons (Fsp3) is 0.667. The largest absolute Gasteiger partial charge is 0.379 e. The summed E-state index contributed by atoms with van der Waals surface area (Å²) in [4.78, 5) is 7.25. The third-order valence-corrected chi connectivity index (χ3v) is 7.67. The van der Waals surface area contributed by atoms with Crippen molar-refractivity contribution in [2.75, 3.05) is 46.9 Å². The van der Waals surface area contributed by atoms with E-state index in [1.807, 2.05) is 12.1 Å². The molecular formula is C21H35N5O3S. The minimum Gasteiger partial charge on any atom is -0.379 e. The van der Waals surface area contributed by atoms with Crippen LogP contribution in [0.1, 0.15) is 37.7 Å². The molecule has 1 aromatic rings. The van der Waals surface area contributed by atoms with Gasteiger partial charge in [-0.2, -0.15) is 0 Å². The number of benzene rings is 1. The van der Waals surface area contributed by atoms with Crippen LogP contribution in [0.25, 0.3) is 0 Å². The van der Waals surface area contributed by atoms with Crippen LogP contribution in [0.3, 0.4) is 0 Å². The highest BCUT2D eigenvalue weighted by Gasteiger charge is 2.38. The third kappa shape index (κ3) is 5.72. The number of hydrogen-bond acceptors (Lipinski definition) is 5. The Morgan fingerprint density at radius 1 is 1.10 bits per heavy atom. The van der Waals surface area contributed by atoms with Crippen LogP contribution in [0.2, 0.25) is 0 Å². The molecule has 168 valence electrons. The highest BCUT2D eigenvalue weighted by molar-refractivity contribution is 7.89. The molecule has 0 atom stereocenters. The Kier molecular flexibility index (Phi) is 8.10. The SMILES string of the molecule is CN=C(NCc1ccc(S(=O)(=O)NC)cc1)NCC1(N2CCOCC2)CCCCC1. The molecule has 30 heavy (non-hydrogen) atoms. The highest BCUT2D eigenvalue weighted by Crippen LogP contribution is 2.33. The molecule has 1 aliphatic heterocycles. The van der Waals surface area contributed by atoms with Gasteiger partial charge in [0.05, 0.1) is 18.1 Å². The monoisotopic (exact) mass is 437 g/mol. The quantitative estimate of drug-likeness (QED) is 0.440. The summed E-state index contributed by atoms with van der Waals surface area (Å²) in [6, 6.07) is 6.88. The van der Waals surface area contributed by atoms with Crippen LogP contribution in [-0.2, 0) is 21.3 Å². The number of rotatable bonds is 7. The van der Waals surface area contributed by atoms with Gasteiger partial charge in [0.2, 0.25) is 10.0 Å². The van der Waals surface area contributed by atoms with E-state index < -0.39 is 10.0 Å². The molecule has 1 saturated carbocycles. The number of nitrogens with one attached hydrogen (secondary N) is 3. The first-order chi connectivity index (χ1) is 14.5. The lowest BCUT2D eigenvalue weighted by Gasteiger charge is -2.48. The zero-order valence-corrected chi connectivity index (χ0v) is 18.9. The van der Waals surface area contributed by atoms with E-state index in [2.05, 4.69) is 25.2 Å². The molecule has 2 aliphatic rings. The van der Waals surface area contributed by atoms with E-state index in [9.17, 15) is 8.42 Å². The van der Waals surface area contributed by atoms with Gasteiger partial charge in [-0.15, -0.1) is 0 Å². The zero-order valence-electron chi connectivity index (χ0n) is 18.1. The van der Waals surface area contributed by atoms with Crippen molar-refractivity contribution >= 4 is 16.0 Å². The van der Waals surface area contributed by atoms with Crippen LogP contribution in [0.15, 0.2) is 34.2 Å². The van der Waals surface area contributed by atoms with E-state index in [-0.39, 0.29) is 10.4 Å². The second-order valence-electron chi connectivity index (χ2n) is 8.02. The average molecular weight is 438 g/mol. The molecule has 2 fully saturated rings. The molecule has 1 heterocycles. The average Bonchev–Trinajstić information content (AvgIpc) is 2.80. The summed E-state index contributed by atoms with van der Waals surface area (Å²) in [5.74, 6) is 0.764. The topological polar surface area (TPSA) is 95.1 Å². The maximum absolute atomic E-state index is 11.9. The van der Waals surface area contributed by atoms with Gasteiger partial charge in [0.1, 0.15) is 0 Å². The van der Waals surface area contributed by atoms with E-state index in [0.717, 1.165) is 44.4 Å². The fourth-order valence-electron chi connectivity index (χ4n) is 4.41. The summed E-state index contributed by atoms with van der Waals surface area (Å²) >= 11 is 0. The van der Waals surface area contributed by atoms with E-state index in [1.54, 1.807) is 19.2 Å². The molecular weight excluding hydrogens is 402 g/mol. The maximum atomic E-state index is 11.9. The molecule has 0 bridgehead atoms. The number of sulfonamides is 1. The van der Waals surface area contributed by atoms with Crippen molar-refractivity contribution in [1.82, 2.24) is 20.3 Å². The van der Waals surface area contributed by atoms with Crippen molar-refractivity contribution < 1.29 is 13.2 Å². The first-order valence-electron chi connectivity index (χ1n) is 10.8. The van der Waals surface area contributed by atoms with Gasteiger partial charge in [0.25, 0.3) is 0 Å². The number of morpholine rings is 1. The summed E-state index contributed by atoms with van der Waals surface area (Å²) in [7, 11) is -0.218. The molecule has 3 rings (SSSR count). The van der Waals surface area contributed by atoms with Crippen molar-refractivity contribution in [1.29, 1.82) is 0 Å². The van der Waals surface area contributed by atoms with E-state index in [0.29, 0.717) is 6.54 Å². The first kappa shape index (κ1) is 23.0. The lowest BCUT2D eigenvalue weighted by molar-refractivity contribution is -0.0352. The second-order valence-corrected chi connectivity index (χ2v) is 9.90. The van der Waals surface area contributed by atoms with Crippen molar-refractivity contribution in [2.45, 2.75) is 49.1 Å². The van der Waals surface area contributed by atoms with Crippen LogP contribution >= 0.6 is 0 Å². The zero-order chi connectivity index (χ0) is 21.5. The highest BCUT2D eigenvalue weighted by atomic mass is 32.2. The molecule has 0 spiro atoms. The van der Waals surface area contributed by atoms with Gasteiger partial charge in [-0.3, -0.25) is 9.89 Å². The molecule has 0 unspecified atom stereocenters. The molecule has 1 saturated heterocycles. The maximum Gasteiger partial charge on any atom is 0.240 e. The van der Waals surface area contributed by atoms with Crippen LogP contribution in [-0.4, -0.2) is 71.8 Å².